The predicted octanol–water partition coefficient (Wildman–Crippen LogP) is 8.51. The number of carbonyl (C=O) groups excluding carboxylic acids is 2. The molecule has 5 aliphatic rings. The van der Waals surface area contributed by atoms with Gasteiger partial charge in [0, 0.05) is 24.9 Å². The summed E-state index contributed by atoms with van der Waals surface area (Å²) in [5.74, 6) is 1.77. The largest absolute Gasteiger partial charge is 0.481 e. The van der Waals surface area contributed by atoms with Crippen molar-refractivity contribution in [2.45, 2.75) is 145 Å². The molecule has 0 aromatic heterocycles. The third-order valence-corrected chi connectivity index (χ3v) is 16.1. The number of carboxylic acids is 1. The highest BCUT2D eigenvalue weighted by molar-refractivity contribution is 5.77. The number of nitrogens with zero attached hydrogens (tertiary/aromatic N) is 1. The second-order valence-corrected chi connectivity index (χ2v) is 20.1. The molecule has 0 aliphatic heterocycles. The summed E-state index contributed by atoms with van der Waals surface area (Å²) in [4.78, 5) is 40.2. The first kappa shape index (κ1) is 38.3. The zero-order valence-corrected chi connectivity index (χ0v) is 32.8. The first-order valence-corrected chi connectivity index (χ1v) is 19.6. The SMILES string of the molecule is C=C(C)[C@@H]1CC[C@]2(CC(=O)NCCN(C)C)CC[C@]3(C)[C@H](CC[C@@H]4[C@@]5(C)CC[C@H](OC(=O)CC(C)(C)CC(=O)O)C(C)(C)[C@@H]5CC[C@]43C)[C@@H]12. The van der Waals surface area contributed by atoms with Crippen molar-refractivity contribution in [3.8, 4) is 0 Å². The maximum Gasteiger partial charge on any atom is 0.306 e. The van der Waals surface area contributed by atoms with Crippen LogP contribution in [0.3, 0.4) is 0 Å². The lowest BCUT2D eigenvalue weighted by molar-refractivity contribution is -0.250. The fourth-order valence-electron chi connectivity index (χ4n) is 13.6. The molecule has 0 bridgehead atoms. The van der Waals surface area contributed by atoms with E-state index in [-0.39, 0.29) is 57.9 Å². The van der Waals surface area contributed by atoms with Crippen LogP contribution in [-0.4, -0.2) is 61.1 Å². The van der Waals surface area contributed by atoms with Gasteiger partial charge in [-0.2, -0.15) is 0 Å². The van der Waals surface area contributed by atoms with E-state index in [0.717, 1.165) is 38.6 Å². The third kappa shape index (κ3) is 6.65. The van der Waals surface area contributed by atoms with E-state index in [0.29, 0.717) is 42.6 Å². The molecular formula is C42H70N2O5. The van der Waals surface area contributed by atoms with Crippen LogP contribution in [0.2, 0.25) is 0 Å². The van der Waals surface area contributed by atoms with Crippen molar-refractivity contribution in [3.63, 3.8) is 0 Å². The molecule has 5 saturated carbocycles. The van der Waals surface area contributed by atoms with Crippen LogP contribution in [0.25, 0.3) is 0 Å². The lowest BCUT2D eigenvalue weighted by atomic mass is 9.32. The Morgan fingerprint density at radius 1 is 0.878 bits per heavy atom. The van der Waals surface area contributed by atoms with E-state index in [1.54, 1.807) is 0 Å². The number of carbonyl (C=O) groups is 3. The highest BCUT2D eigenvalue weighted by atomic mass is 16.5. The molecule has 0 radical (unpaired) electrons. The summed E-state index contributed by atoms with van der Waals surface area (Å²) in [7, 11) is 4.11. The standard InChI is InChI=1S/C42H70N2O5/c1-27(2)28-14-19-42(24-33(45)43-22-23-44(10)11)21-20-40(8)29(36(28)42)12-13-31-39(7)17-16-32(38(5,6)30(39)15-18-41(31,40)9)49-35(48)26-37(3,4)25-34(46)47/h28-32,36H,1,12-26H2,2-11H3,(H,43,45)(H,46,47)/t28-,29+,30-,31+,32-,36+,39-,40+,41+,42+/m0/s1. The van der Waals surface area contributed by atoms with E-state index >= 15 is 0 Å². The van der Waals surface area contributed by atoms with Crippen molar-refractivity contribution in [2.75, 3.05) is 27.2 Å². The van der Waals surface area contributed by atoms with E-state index < -0.39 is 11.4 Å². The summed E-state index contributed by atoms with van der Waals surface area (Å²) in [5, 5.41) is 12.6. The first-order chi connectivity index (χ1) is 22.6. The second kappa shape index (κ2) is 13.3. The number of likely N-dealkylation sites (N-methyl/N-ethyl adjacent to an activating group) is 1. The highest BCUT2D eigenvalue weighted by Gasteiger charge is 2.71. The fraction of sp³-hybridized carbons (Fsp3) is 0.881. The third-order valence-electron chi connectivity index (χ3n) is 16.1. The Morgan fingerprint density at radius 3 is 2.20 bits per heavy atom. The van der Waals surface area contributed by atoms with Crippen LogP contribution in [0.15, 0.2) is 12.2 Å². The van der Waals surface area contributed by atoms with Crippen molar-refractivity contribution in [1.82, 2.24) is 10.2 Å². The zero-order valence-electron chi connectivity index (χ0n) is 32.8. The summed E-state index contributed by atoms with van der Waals surface area (Å²) >= 11 is 0. The summed E-state index contributed by atoms with van der Waals surface area (Å²) in [6.45, 7) is 24.6. The Kier molecular flexibility index (Phi) is 10.4. The molecular weight excluding hydrogens is 612 g/mol. The van der Waals surface area contributed by atoms with Crippen LogP contribution in [0.4, 0.5) is 0 Å². The molecule has 5 fully saturated rings. The van der Waals surface area contributed by atoms with Crippen LogP contribution < -0.4 is 5.32 Å². The van der Waals surface area contributed by atoms with Crippen LogP contribution >= 0.6 is 0 Å². The van der Waals surface area contributed by atoms with Crippen molar-refractivity contribution >= 4 is 17.8 Å². The minimum atomic E-state index is -0.881. The molecule has 278 valence electrons. The molecule has 2 N–H and O–H groups in total. The average Bonchev–Trinajstić information content (AvgIpc) is 3.33. The minimum absolute atomic E-state index is 0.0457. The molecule has 49 heavy (non-hydrogen) atoms. The Balaban J connectivity index is 1.37. The molecule has 7 heteroatoms. The maximum atomic E-state index is 13.5. The smallest absolute Gasteiger partial charge is 0.306 e. The molecule has 5 aliphatic carbocycles. The van der Waals surface area contributed by atoms with E-state index in [2.05, 4.69) is 72.4 Å². The first-order valence-electron chi connectivity index (χ1n) is 19.6. The molecule has 0 heterocycles. The van der Waals surface area contributed by atoms with E-state index in [4.69, 9.17) is 4.74 Å². The lowest BCUT2D eigenvalue weighted by Gasteiger charge is -2.73. The Labute approximate surface area is 298 Å². The van der Waals surface area contributed by atoms with Gasteiger partial charge >= 0.3 is 11.9 Å². The zero-order chi connectivity index (χ0) is 36.4. The Hall–Kier alpha value is -1.89. The number of hydrogen-bond acceptors (Lipinski definition) is 5. The van der Waals surface area contributed by atoms with Gasteiger partial charge in [-0.05, 0) is 142 Å². The Bertz CT molecular complexity index is 1310. The number of amides is 1. The van der Waals surface area contributed by atoms with Gasteiger partial charge in [0.05, 0.1) is 12.8 Å². The molecule has 0 unspecified atom stereocenters. The van der Waals surface area contributed by atoms with Crippen LogP contribution in [0.1, 0.15) is 139 Å². The van der Waals surface area contributed by atoms with Crippen molar-refractivity contribution < 1.29 is 24.2 Å². The normalized spacial score (nSPS) is 41.1. The molecule has 10 atom stereocenters. The maximum absolute atomic E-state index is 13.5. The number of ether oxygens (including phenoxy) is 1. The molecule has 0 aromatic carbocycles. The number of fused-ring (bicyclic) bond motifs is 7. The van der Waals surface area contributed by atoms with Gasteiger partial charge < -0.3 is 20.1 Å². The average molecular weight is 683 g/mol. The number of esters is 1. The number of allylic oxidation sites excluding steroid dienone is 1. The van der Waals surface area contributed by atoms with Crippen LogP contribution in [-0.2, 0) is 19.1 Å². The van der Waals surface area contributed by atoms with Crippen molar-refractivity contribution in [3.05, 3.63) is 12.2 Å². The van der Waals surface area contributed by atoms with Gasteiger partial charge in [0.25, 0.3) is 0 Å². The van der Waals surface area contributed by atoms with Gasteiger partial charge in [-0.3, -0.25) is 14.4 Å². The fourth-order valence-corrected chi connectivity index (χ4v) is 13.6. The van der Waals surface area contributed by atoms with Gasteiger partial charge in [-0.1, -0.05) is 60.6 Å². The topological polar surface area (TPSA) is 95.9 Å². The second-order valence-electron chi connectivity index (χ2n) is 20.1. The highest BCUT2D eigenvalue weighted by Crippen LogP contribution is 2.78. The van der Waals surface area contributed by atoms with Gasteiger partial charge in [-0.25, -0.2) is 0 Å². The number of aliphatic carboxylic acids is 1. The monoisotopic (exact) mass is 683 g/mol. The van der Waals surface area contributed by atoms with Gasteiger partial charge in [-0.15, -0.1) is 0 Å². The molecule has 5 rings (SSSR count). The quantitative estimate of drug-likeness (QED) is 0.168. The lowest BCUT2D eigenvalue weighted by Crippen LogP contribution is -2.67. The van der Waals surface area contributed by atoms with Gasteiger partial charge in [0.15, 0.2) is 0 Å². The molecule has 0 saturated heterocycles. The molecule has 0 aromatic rings. The summed E-state index contributed by atoms with van der Waals surface area (Å²) in [6, 6.07) is 0. The predicted molar refractivity (Wildman–Crippen MR) is 196 cm³/mol. The number of carboxylic acid groups (broad SMARTS) is 1. The summed E-state index contributed by atoms with van der Waals surface area (Å²) in [5.41, 5.74) is 1.19. The van der Waals surface area contributed by atoms with Gasteiger partial charge in [0.1, 0.15) is 6.10 Å². The number of hydrogen-bond donors (Lipinski definition) is 2. The van der Waals surface area contributed by atoms with E-state index in [1.807, 2.05) is 13.8 Å². The van der Waals surface area contributed by atoms with Crippen molar-refractivity contribution in [2.24, 2.45) is 62.1 Å². The van der Waals surface area contributed by atoms with E-state index in [1.165, 1.54) is 37.7 Å². The minimum Gasteiger partial charge on any atom is -0.481 e. The van der Waals surface area contributed by atoms with Crippen LogP contribution in [0.5, 0.6) is 0 Å². The number of rotatable bonds is 11. The van der Waals surface area contributed by atoms with Crippen molar-refractivity contribution in [1.29, 1.82) is 0 Å². The van der Waals surface area contributed by atoms with Gasteiger partial charge in [0.2, 0.25) is 5.91 Å². The summed E-state index contributed by atoms with van der Waals surface area (Å²) in [6.07, 6.45) is 12.0. The molecule has 0 spiro atoms. The van der Waals surface area contributed by atoms with E-state index in [9.17, 15) is 19.5 Å². The number of nitrogens with one attached hydrogen (secondary N) is 1. The molecule has 1 amide bonds. The summed E-state index contributed by atoms with van der Waals surface area (Å²) < 4.78 is 6.27. The van der Waals surface area contributed by atoms with Crippen LogP contribution in [0, 0.1) is 62.1 Å². The molecule has 7 nitrogen and oxygen atoms in total. The Morgan fingerprint density at radius 2 is 1.57 bits per heavy atom.